The molecular formula is C12H9Br2ClF2N4O2. The Balaban J connectivity index is 2.56. The third kappa shape index (κ3) is 3.81. The molecule has 23 heavy (non-hydrogen) atoms. The van der Waals surface area contributed by atoms with Crippen LogP contribution in [0, 0.1) is 6.92 Å². The molecule has 0 bridgehead atoms. The molecule has 0 aromatic carbocycles. The largest absolute Gasteiger partial charge is 0.471 e. The predicted molar refractivity (Wildman–Crippen MR) is 87.5 cm³/mol. The lowest BCUT2D eigenvalue weighted by Crippen LogP contribution is -2.25. The third-order valence-electron chi connectivity index (χ3n) is 2.62. The van der Waals surface area contributed by atoms with E-state index < -0.39 is 12.2 Å². The van der Waals surface area contributed by atoms with Gasteiger partial charge in [-0.15, -0.1) is 5.10 Å². The van der Waals surface area contributed by atoms with Gasteiger partial charge in [-0.25, -0.2) is 9.36 Å². The Morgan fingerprint density at radius 2 is 2.13 bits per heavy atom. The first-order valence-electron chi connectivity index (χ1n) is 6.01. The first-order chi connectivity index (χ1) is 10.7. The second-order valence-corrected chi connectivity index (χ2v) is 6.52. The SMILES string of the molecule is C=C(Cl)COc1nc(-n2nc(C)n(C(F)F)c2=O)c(Br)cc1Br. The molecule has 0 radical (unpaired) electrons. The number of hydrogen-bond donors (Lipinski definition) is 0. The zero-order valence-corrected chi connectivity index (χ0v) is 15.5. The first-order valence-corrected chi connectivity index (χ1v) is 7.97. The summed E-state index contributed by atoms with van der Waals surface area (Å²) in [6.07, 6.45) is 0. The second-order valence-electron chi connectivity index (χ2n) is 4.28. The highest BCUT2D eigenvalue weighted by atomic mass is 79.9. The molecule has 0 spiro atoms. The van der Waals surface area contributed by atoms with E-state index in [4.69, 9.17) is 16.3 Å². The number of pyridine rings is 1. The van der Waals surface area contributed by atoms with Crippen molar-refractivity contribution < 1.29 is 13.5 Å². The smallest absolute Gasteiger partial charge is 0.356 e. The van der Waals surface area contributed by atoms with Crippen molar-refractivity contribution in [3.05, 3.63) is 42.9 Å². The molecule has 0 N–H and O–H groups in total. The maximum absolute atomic E-state index is 12.9. The summed E-state index contributed by atoms with van der Waals surface area (Å²) in [4.78, 5) is 16.2. The van der Waals surface area contributed by atoms with Crippen molar-refractivity contribution >= 4 is 43.5 Å². The van der Waals surface area contributed by atoms with E-state index in [-0.39, 0.29) is 33.7 Å². The molecule has 0 saturated heterocycles. The maximum atomic E-state index is 12.9. The minimum atomic E-state index is -3.00. The van der Waals surface area contributed by atoms with Crippen molar-refractivity contribution in [2.45, 2.75) is 13.5 Å². The van der Waals surface area contributed by atoms with Gasteiger partial charge in [-0.05, 0) is 44.8 Å². The van der Waals surface area contributed by atoms with E-state index in [2.05, 4.69) is 48.5 Å². The monoisotopic (exact) mass is 472 g/mol. The van der Waals surface area contributed by atoms with Crippen LogP contribution in [0.1, 0.15) is 12.4 Å². The van der Waals surface area contributed by atoms with Gasteiger partial charge in [0.2, 0.25) is 5.88 Å². The fourth-order valence-electron chi connectivity index (χ4n) is 1.68. The Hall–Kier alpha value is -1.26. The third-order valence-corrected chi connectivity index (χ3v) is 3.88. The van der Waals surface area contributed by atoms with E-state index >= 15 is 0 Å². The molecule has 0 atom stereocenters. The Labute approximate surface area is 151 Å². The molecule has 0 aliphatic carbocycles. The second kappa shape index (κ2) is 7.10. The fourth-order valence-corrected chi connectivity index (χ4v) is 2.96. The van der Waals surface area contributed by atoms with E-state index in [0.717, 1.165) is 4.68 Å². The van der Waals surface area contributed by atoms with E-state index in [0.29, 0.717) is 8.95 Å². The minimum Gasteiger partial charge on any atom is -0.471 e. The van der Waals surface area contributed by atoms with Crippen molar-refractivity contribution in [2.24, 2.45) is 0 Å². The summed E-state index contributed by atoms with van der Waals surface area (Å²) in [5.74, 6) is -0.0183. The highest BCUT2D eigenvalue weighted by molar-refractivity contribution is 9.11. The van der Waals surface area contributed by atoms with Crippen LogP contribution in [0.4, 0.5) is 8.78 Å². The highest BCUT2D eigenvalue weighted by Gasteiger charge is 2.21. The average Bonchev–Trinajstić information content (AvgIpc) is 2.72. The molecule has 0 amide bonds. The standard InChI is InChI=1S/C12H9Br2ClF2N4O2/c1-5(15)4-23-10-8(14)3-7(13)9(18-10)21-12(22)20(11(16)17)6(2)19-21/h3,11H,1,4H2,2H3. The summed E-state index contributed by atoms with van der Waals surface area (Å²) in [6, 6.07) is 1.55. The normalized spacial score (nSPS) is 11.1. The van der Waals surface area contributed by atoms with E-state index in [1.165, 1.54) is 6.92 Å². The summed E-state index contributed by atoms with van der Waals surface area (Å²) >= 11 is 12.1. The Morgan fingerprint density at radius 3 is 2.65 bits per heavy atom. The van der Waals surface area contributed by atoms with Gasteiger partial charge in [0.25, 0.3) is 0 Å². The van der Waals surface area contributed by atoms with Gasteiger partial charge in [0.1, 0.15) is 12.4 Å². The van der Waals surface area contributed by atoms with Crippen LogP contribution >= 0.6 is 43.5 Å². The zero-order chi connectivity index (χ0) is 17.3. The molecule has 0 aliphatic heterocycles. The maximum Gasteiger partial charge on any atom is 0.356 e. The number of aromatic nitrogens is 4. The van der Waals surface area contributed by atoms with Crippen molar-refractivity contribution in [3.63, 3.8) is 0 Å². The van der Waals surface area contributed by atoms with Crippen LogP contribution in [0.2, 0.25) is 0 Å². The van der Waals surface area contributed by atoms with Crippen molar-refractivity contribution in [3.8, 4) is 11.7 Å². The van der Waals surface area contributed by atoms with E-state index in [1.807, 2.05) is 0 Å². The Bertz CT molecular complexity index is 822. The van der Waals surface area contributed by atoms with Crippen LogP contribution in [0.15, 0.2) is 31.4 Å². The summed E-state index contributed by atoms with van der Waals surface area (Å²) in [5, 5.41) is 4.06. The lowest BCUT2D eigenvalue weighted by atomic mass is 10.4. The lowest BCUT2D eigenvalue weighted by Gasteiger charge is -2.09. The van der Waals surface area contributed by atoms with Gasteiger partial charge in [0.05, 0.1) is 8.95 Å². The molecular weight excluding hydrogens is 465 g/mol. The minimum absolute atomic E-state index is 0.00632. The molecule has 2 aromatic rings. The van der Waals surface area contributed by atoms with Gasteiger partial charge in [-0.2, -0.15) is 18.4 Å². The van der Waals surface area contributed by atoms with Crippen molar-refractivity contribution in [2.75, 3.05) is 6.61 Å². The Kier molecular flexibility index (Phi) is 5.58. The van der Waals surface area contributed by atoms with Crippen LogP contribution in [-0.4, -0.2) is 25.9 Å². The average molecular weight is 474 g/mol. The van der Waals surface area contributed by atoms with Gasteiger partial charge >= 0.3 is 12.2 Å². The molecule has 11 heteroatoms. The molecule has 0 saturated carbocycles. The molecule has 0 unspecified atom stereocenters. The number of alkyl halides is 2. The van der Waals surface area contributed by atoms with Gasteiger partial charge in [0.15, 0.2) is 5.82 Å². The Morgan fingerprint density at radius 1 is 1.48 bits per heavy atom. The van der Waals surface area contributed by atoms with Crippen LogP contribution in [0.25, 0.3) is 5.82 Å². The molecule has 2 heterocycles. The van der Waals surface area contributed by atoms with Crippen molar-refractivity contribution in [1.82, 2.24) is 19.3 Å². The lowest BCUT2D eigenvalue weighted by molar-refractivity contribution is 0.0640. The number of ether oxygens (including phenoxy) is 1. The molecule has 124 valence electrons. The van der Waals surface area contributed by atoms with Gasteiger partial charge in [-0.1, -0.05) is 18.2 Å². The number of rotatable bonds is 5. The molecule has 2 rings (SSSR count). The fraction of sp³-hybridized carbons (Fsp3) is 0.250. The summed E-state index contributed by atoms with van der Waals surface area (Å²) in [7, 11) is 0. The molecule has 0 fully saturated rings. The quantitative estimate of drug-likeness (QED) is 0.662. The summed E-state index contributed by atoms with van der Waals surface area (Å²) in [6.45, 7) is 1.77. The number of hydrogen-bond acceptors (Lipinski definition) is 4. The van der Waals surface area contributed by atoms with Crippen molar-refractivity contribution in [1.29, 1.82) is 0 Å². The predicted octanol–water partition coefficient (Wildman–Crippen LogP) is 3.79. The number of aryl methyl sites for hydroxylation is 1. The van der Waals surface area contributed by atoms with E-state index in [1.54, 1.807) is 6.07 Å². The highest BCUT2D eigenvalue weighted by Crippen LogP contribution is 2.30. The van der Waals surface area contributed by atoms with Gasteiger partial charge in [-0.3, -0.25) is 0 Å². The molecule has 6 nitrogen and oxygen atoms in total. The van der Waals surface area contributed by atoms with Crippen LogP contribution in [0.3, 0.4) is 0 Å². The van der Waals surface area contributed by atoms with Crippen LogP contribution in [0.5, 0.6) is 5.88 Å². The number of halogens is 5. The topological polar surface area (TPSA) is 61.9 Å². The van der Waals surface area contributed by atoms with E-state index in [9.17, 15) is 13.6 Å². The van der Waals surface area contributed by atoms with Crippen LogP contribution in [-0.2, 0) is 0 Å². The zero-order valence-electron chi connectivity index (χ0n) is 11.6. The van der Waals surface area contributed by atoms with Crippen LogP contribution < -0.4 is 10.4 Å². The van der Waals surface area contributed by atoms with Gasteiger partial charge < -0.3 is 4.74 Å². The summed E-state index contributed by atoms with van der Waals surface area (Å²) < 4.78 is 33.0. The summed E-state index contributed by atoms with van der Waals surface area (Å²) in [5.41, 5.74) is -1.01. The first kappa shape index (κ1) is 18.1. The van der Waals surface area contributed by atoms with Gasteiger partial charge in [0, 0.05) is 5.03 Å². The number of nitrogens with zero attached hydrogens (tertiary/aromatic N) is 4. The molecule has 0 aliphatic rings. The molecule has 2 aromatic heterocycles.